The van der Waals surface area contributed by atoms with E-state index in [1.54, 1.807) is 11.8 Å². The van der Waals surface area contributed by atoms with Crippen molar-refractivity contribution >= 4 is 11.8 Å². The molecule has 0 amide bonds. The van der Waals surface area contributed by atoms with Gasteiger partial charge in [0.2, 0.25) is 0 Å². The second-order valence-corrected chi connectivity index (χ2v) is 6.19. The maximum Gasteiger partial charge on any atom is 0.123 e. The highest BCUT2D eigenvalue weighted by Crippen LogP contribution is 2.38. The Bertz CT molecular complexity index is 553. The first-order valence-corrected chi connectivity index (χ1v) is 7.72. The van der Waals surface area contributed by atoms with Crippen LogP contribution in [0.4, 0.5) is 4.39 Å². The lowest BCUT2D eigenvalue weighted by atomic mass is 10.0. The minimum absolute atomic E-state index is 0.0758. The summed E-state index contributed by atoms with van der Waals surface area (Å²) in [5.74, 6) is -0.207. The second kappa shape index (κ2) is 6.91. The van der Waals surface area contributed by atoms with Gasteiger partial charge in [0.15, 0.2) is 0 Å². The van der Waals surface area contributed by atoms with Crippen molar-refractivity contribution in [3.05, 3.63) is 65.5 Å². The Balaban J connectivity index is 2.26. The van der Waals surface area contributed by atoms with E-state index in [0.717, 1.165) is 11.3 Å². The van der Waals surface area contributed by atoms with Crippen molar-refractivity contribution in [1.82, 2.24) is 0 Å². The molecule has 0 aromatic heterocycles. The SMILES string of the molecule is CCC(N)C(Sc1ccc(F)cc1)c1cccc(C)c1. The van der Waals surface area contributed by atoms with Gasteiger partial charge in [-0.1, -0.05) is 36.8 Å². The van der Waals surface area contributed by atoms with Crippen molar-refractivity contribution in [2.75, 3.05) is 0 Å². The highest BCUT2D eigenvalue weighted by Gasteiger charge is 2.20. The quantitative estimate of drug-likeness (QED) is 0.807. The normalized spacial score (nSPS) is 14.0. The van der Waals surface area contributed by atoms with E-state index in [2.05, 4.69) is 38.1 Å². The predicted molar refractivity (Wildman–Crippen MR) is 84.4 cm³/mol. The van der Waals surface area contributed by atoms with Gasteiger partial charge in [-0.05, 0) is 43.2 Å². The Morgan fingerprint density at radius 1 is 1.15 bits per heavy atom. The third kappa shape index (κ3) is 3.84. The van der Waals surface area contributed by atoms with E-state index in [1.807, 2.05) is 12.1 Å². The van der Waals surface area contributed by atoms with Crippen molar-refractivity contribution in [2.45, 2.75) is 36.5 Å². The number of aryl methyl sites for hydroxylation is 1. The summed E-state index contributed by atoms with van der Waals surface area (Å²) in [6.45, 7) is 4.18. The van der Waals surface area contributed by atoms with Crippen LogP contribution in [0.15, 0.2) is 53.4 Å². The standard InChI is InChI=1S/C17H20FNS/c1-3-16(19)17(13-6-4-5-12(2)11-13)20-15-9-7-14(18)8-10-15/h4-11,16-17H,3,19H2,1-2H3. The zero-order chi connectivity index (χ0) is 14.5. The summed E-state index contributed by atoms with van der Waals surface area (Å²) in [4.78, 5) is 1.04. The molecule has 0 aliphatic rings. The molecule has 0 saturated heterocycles. The van der Waals surface area contributed by atoms with Crippen LogP contribution in [0.25, 0.3) is 0 Å². The molecule has 2 aromatic carbocycles. The van der Waals surface area contributed by atoms with Crippen molar-refractivity contribution in [3.8, 4) is 0 Å². The molecule has 20 heavy (non-hydrogen) atoms. The highest BCUT2D eigenvalue weighted by molar-refractivity contribution is 7.99. The first kappa shape index (κ1) is 15.1. The fourth-order valence-corrected chi connectivity index (χ4v) is 3.36. The molecule has 2 aromatic rings. The van der Waals surface area contributed by atoms with Gasteiger partial charge in [0.1, 0.15) is 5.82 Å². The van der Waals surface area contributed by atoms with Crippen LogP contribution in [-0.2, 0) is 0 Å². The monoisotopic (exact) mass is 289 g/mol. The van der Waals surface area contributed by atoms with Crippen LogP contribution in [0, 0.1) is 12.7 Å². The zero-order valence-electron chi connectivity index (χ0n) is 11.8. The van der Waals surface area contributed by atoms with Gasteiger partial charge in [-0.25, -0.2) is 4.39 Å². The van der Waals surface area contributed by atoms with Gasteiger partial charge in [-0.2, -0.15) is 0 Å². The summed E-state index contributed by atoms with van der Waals surface area (Å²) in [6.07, 6.45) is 0.910. The number of hydrogen-bond acceptors (Lipinski definition) is 2. The van der Waals surface area contributed by atoms with Gasteiger partial charge in [0.05, 0.1) is 0 Å². The minimum atomic E-state index is -0.207. The summed E-state index contributed by atoms with van der Waals surface area (Å²) < 4.78 is 13.0. The summed E-state index contributed by atoms with van der Waals surface area (Å²) in [7, 11) is 0. The van der Waals surface area contributed by atoms with Crippen LogP contribution < -0.4 is 5.73 Å². The molecule has 0 aliphatic carbocycles. The Hall–Kier alpha value is -1.32. The molecule has 2 unspecified atom stereocenters. The van der Waals surface area contributed by atoms with Crippen molar-refractivity contribution in [2.24, 2.45) is 5.73 Å². The van der Waals surface area contributed by atoms with Crippen LogP contribution >= 0.6 is 11.8 Å². The van der Waals surface area contributed by atoms with Crippen molar-refractivity contribution in [3.63, 3.8) is 0 Å². The van der Waals surface area contributed by atoms with Gasteiger partial charge in [0.25, 0.3) is 0 Å². The Morgan fingerprint density at radius 3 is 2.45 bits per heavy atom. The maximum absolute atomic E-state index is 13.0. The summed E-state index contributed by atoms with van der Waals surface area (Å²) in [5, 5.41) is 0.186. The molecule has 0 spiro atoms. The Morgan fingerprint density at radius 2 is 1.85 bits per heavy atom. The van der Waals surface area contributed by atoms with Gasteiger partial charge >= 0.3 is 0 Å². The van der Waals surface area contributed by atoms with E-state index < -0.39 is 0 Å². The lowest BCUT2D eigenvalue weighted by Crippen LogP contribution is -2.25. The summed E-state index contributed by atoms with van der Waals surface area (Å²) in [5.41, 5.74) is 8.74. The fourth-order valence-electron chi connectivity index (χ4n) is 2.12. The average Bonchev–Trinajstić information content (AvgIpc) is 2.46. The molecule has 0 heterocycles. The Labute approximate surface area is 124 Å². The molecule has 1 nitrogen and oxygen atoms in total. The van der Waals surface area contributed by atoms with Crippen LogP contribution in [0.3, 0.4) is 0 Å². The fraction of sp³-hybridized carbons (Fsp3) is 0.294. The van der Waals surface area contributed by atoms with E-state index in [9.17, 15) is 4.39 Å². The smallest absolute Gasteiger partial charge is 0.123 e. The van der Waals surface area contributed by atoms with E-state index in [1.165, 1.54) is 23.3 Å². The highest BCUT2D eigenvalue weighted by atomic mass is 32.2. The molecular formula is C17H20FNS. The molecule has 0 bridgehead atoms. The van der Waals surface area contributed by atoms with Crippen LogP contribution in [0.1, 0.15) is 29.7 Å². The number of halogens is 1. The van der Waals surface area contributed by atoms with Gasteiger partial charge in [-0.3, -0.25) is 0 Å². The number of nitrogens with two attached hydrogens (primary N) is 1. The second-order valence-electron chi connectivity index (χ2n) is 4.98. The van der Waals surface area contributed by atoms with Gasteiger partial charge in [-0.15, -0.1) is 11.8 Å². The zero-order valence-corrected chi connectivity index (χ0v) is 12.7. The molecule has 0 aliphatic heterocycles. The first-order valence-electron chi connectivity index (χ1n) is 6.84. The predicted octanol–water partition coefficient (Wildman–Crippen LogP) is 4.70. The number of benzene rings is 2. The summed E-state index contributed by atoms with van der Waals surface area (Å²) in [6, 6.07) is 15.1. The molecule has 2 rings (SSSR count). The average molecular weight is 289 g/mol. The molecule has 3 heteroatoms. The van der Waals surface area contributed by atoms with Crippen LogP contribution in [-0.4, -0.2) is 6.04 Å². The molecule has 0 radical (unpaired) electrons. The number of rotatable bonds is 5. The first-order chi connectivity index (χ1) is 9.60. The van der Waals surface area contributed by atoms with Gasteiger partial charge in [0, 0.05) is 16.2 Å². The molecule has 2 N–H and O–H groups in total. The lowest BCUT2D eigenvalue weighted by Gasteiger charge is -2.23. The van der Waals surface area contributed by atoms with Crippen LogP contribution in [0.2, 0.25) is 0 Å². The molecule has 0 saturated carbocycles. The topological polar surface area (TPSA) is 26.0 Å². The van der Waals surface area contributed by atoms with E-state index in [4.69, 9.17) is 5.73 Å². The molecular weight excluding hydrogens is 269 g/mol. The molecule has 2 atom stereocenters. The lowest BCUT2D eigenvalue weighted by molar-refractivity contribution is 0.625. The van der Waals surface area contributed by atoms with Crippen LogP contribution in [0.5, 0.6) is 0 Å². The number of thioether (sulfide) groups is 1. The van der Waals surface area contributed by atoms with E-state index in [0.29, 0.717) is 0 Å². The molecule has 106 valence electrons. The van der Waals surface area contributed by atoms with E-state index in [-0.39, 0.29) is 17.1 Å². The van der Waals surface area contributed by atoms with Crippen molar-refractivity contribution < 1.29 is 4.39 Å². The van der Waals surface area contributed by atoms with E-state index >= 15 is 0 Å². The van der Waals surface area contributed by atoms with Gasteiger partial charge < -0.3 is 5.73 Å². The van der Waals surface area contributed by atoms with Crippen molar-refractivity contribution in [1.29, 1.82) is 0 Å². The summed E-state index contributed by atoms with van der Waals surface area (Å²) >= 11 is 1.70. The molecule has 0 fully saturated rings. The largest absolute Gasteiger partial charge is 0.326 e. The third-order valence-electron chi connectivity index (χ3n) is 3.31. The number of hydrogen-bond donors (Lipinski definition) is 1. The third-order valence-corrected chi connectivity index (χ3v) is 4.73. The maximum atomic E-state index is 13.0. The minimum Gasteiger partial charge on any atom is -0.326 e. The Kier molecular flexibility index (Phi) is 5.21.